The van der Waals surface area contributed by atoms with E-state index in [1.807, 2.05) is 5.32 Å². The first-order valence-electron chi connectivity index (χ1n) is 4.91. The number of alkyl halides is 3. The Morgan fingerprint density at radius 2 is 1.88 bits per heavy atom. The van der Waals surface area contributed by atoms with Crippen LogP contribution in [0.25, 0.3) is 0 Å². The Labute approximate surface area is 105 Å². The molecule has 0 fully saturated rings. The molecule has 1 amide bonds. The summed E-state index contributed by atoms with van der Waals surface area (Å²) in [4.78, 5) is 10.7. The summed E-state index contributed by atoms with van der Waals surface area (Å²) in [5, 5.41) is 1.91. The fraction of sp³-hybridized carbons (Fsp3) is 0.364. The summed E-state index contributed by atoms with van der Waals surface area (Å²) in [5.41, 5.74) is 0.864. The van der Waals surface area contributed by atoms with E-state index < -0.39 is 18.1 Å². The normalized spacial score (nSPS) is 13.2. The van der Waals surface area contributed by atoms with E-state index >= 15 is 0 Å². The topological polar surface area (TPSA) is 29.1 Å². The van der Waals surface area contributed by atoms with Gasteiger partial charge >= 0.3 is 12.1 Å². The zero-order valence-electron chi connectivity index (χ0n) is 9.01. The number of benzene rings is 1. The fourth-order valence-electron chi connectivity index (χ4n) is 1.33. The highest BCUT2D eigenvalue weighted by Crippen LogP contribution is 2.15. The summed E-state index contributed by atoms with van der Waals surface area (Å²) in [6.07, 6.45) is -4.47. The van der Waals surface area contributed by atoms with Crippen LogP contribution >= 0.6 is 15.9 Å². The van der Waals surface area contributed by atoms with E-state index in [9.17, 15) is 18.0 Å². The number of carbonyl (C=O) groups excluding carboxylic acids is 1. The molecule has 0 aromatic heterocycles. The molecule has 0 aliphatic rings. The van der Waals surface area contributed by atoms with E-state index in [4.69, 9.17) is 0 Å². The number of halogens is 4. The Morgan fingerprint density at radius 1 is 1.35 bits per heavy atom. The molecule has 1 rings (SSSR count). The van der Waals surface area contributed by atoms with Crippen LogP contribution in [-0.2, 0) is 11.2 Å². The molecule has 17 heavy (non-hydrogen) atoms. The summed E-state index contributed by atoms with van der Waals surface area (Å²) in [6, 6.07) is 6.62. The van der Waals surface area contributed by atoms with Crippen LogP contribution in [-0.4, -0.2) is 18.1 Å². The van der Waals surface area contributed by atoms with Gasteiger partial charge in [0.15, 0.2) is 0 Å². The molecular weight excluding hydrogens is 299 g/mol. The van der Waals surface area contributed by atoms with Crippen molar-refractivity contribution in [3.63, 3.8) is 0 Å². The molecule has 0 aliphatic heterocycles. The zero-order chi connectivity index (χ0) is 13.1. The third-order valence-electron chi connectivity index (χ3n) is 2.09. The highest BCUT2D eigenvalue weighted by molar-refractivity contribution is 9.10. The van der Waals surface area contributed by atoms with Gasteiger partial charge in [-0.2, -0.15) is 13.2 Å². The van der Waals surface area contributed by atoms with Gasteiger partial charge in [0.2, 0.25) is 0 Å². The molecule has 0 saturated carbocycles. The van der Waals surface area contributed by atoms with Crippen LogP contribution in [0, 0.1) is 0 Å². The minimum Gasteiger partial charge on any atom is -0.345 e. The number of amides is 1. The Kier molecular flexibility index (Phi) is 4.56. The van der Waals surface area contributed by atoms with Crippen LogP contribution in [0.5, 0.6) is 0 Å². The van der Waals surface area contributed by atoms with E-state index in [1.165, 1.54) is 6.92 Å². The second-order valence-electron chi connectivity index (χ2n) is 3.70. The first-order valence-corrected chi connectivity index (χ1v) is 5.70. The van der Waals surface area contributed by atoms with Crippen LogP contribution < -0.4 is 5.32 Å². The lowest BCUT2D eigenvalue weighted by molar-refractivity contribution is -0.174. The third kappa shape index (κ3) is 4.77. The third-order valence-corrected chi connectivity index (χ3v) is 2.62. The quantitative estimate of drug-likeness (QED) is 0.913. The largest absolute Gasteiger partial charge is 0.471 e. The fourth-order valence-corrected chi connectivity index (χ4v) is 1.60. The lowest BCUT2D eigenvalue weighted by Gasteiger charge is -2.15. The van der Waals surface area contributed by atoms with Crippen molar-refractivity contribution in [2.45, 2.75) is 25.6 Å². The number of hydrogen-bond donors (Lipinski definition) is 1. The first-order chi connectivity index (χ1) is 7.79. The van der Waals surface area contributed by atoms with Crippen LogP contribution in [0.3, 0.4) is 0 Å². The molecule has 1 N–H and O–H groups in total. The highest BCUT2D eigenvalue weighted by atomic mass is 79.9. The van der Waals surface area contributed by atoms with E-state index in [0.29, 0.717) is 6.42 Å². The molecule has 0 spiro atoms. The predicted molar refractivity (Wildman–Crippen MR) is 61.5 cm³/mol. The van der Waals surface area contributed by atoms with E-state index in [2.05, 4.69) is 15.9 Å². The summed E-state index contributed by atoms with van der Waals surface area (Å²) >= 11 is 3.26. The van der Waals surface area contributed by atoms with Crippen LogP contribution in [0.15, 0.2) is 28.7 Å². The second-order valence-corrected chi connectivity index (χ2v) is 4.62. The van der Waals surface area contributed by atoms with Crippen LogP contribution in [0.4, 0.5) is 13.2 Å². The smallest absolute Gasteiger partial charge is 0.345 e. The van der Waals surface area contributed by atoms with Gasteiger partial charge in [-0.1, -0.05) is 28.1 Å². The molecule has 0 aliphatic carbocycles. The molecule has 1 atom stereocenters. The molecule has 1 unspecified atom stereocenters. The molecule has 0 radical (unpaired) electrons. The van der Waals surface area contributed by atoms with Crippen LogP contribution in [0.1, 0.15) is 12.5 Å². The summed E-state index contributed by atoms with van der Waals surface area (Å²) in [5.74, 6) is -1.90. The van der Waals surface area contributed by atoms with E-state index in [1.54, 1.807) is 24.3 Å². The molecule has 6 heteroatoms. The van der Waals surface area contributed by atoms with Crippen molar-refractivity contribution in [1.29, 1.82) is 0 Å². The lowest BCUT2D eigenvalue weighted by atomic mass is 10.1. The zero-order valence-corrected chi connectivity index (χ0v) is 10.6. The van der Waals surface area contributed by atoms with Gasteiger partial charge in [0, 0.05) is 10.5 Å². The number of rotatable bonds is 3. The number of nitrogens with one attached hydrogen (secondary N) is 1. The van der Waals surface area contributed by atoms with E-state index in [0.717, 1.165) is 10.0 Å². The minimum atomic E-state index is -4.83. The Balaban J connectivity index is 2.53. The molecule has 0 heterocycles. The summed E-state index contributed by atoms with van der Waals surface area (Å²) in [6.45, 7) is 1.53. The molecule has 0 bridgehead atoms. The average Bonchev–Trinajstić information content (AvgIpc) is 2.20. The molecule has 2 nitrogen and oxygen atoms in total. The van der Waals surface area contributed by atoms with Crippen molar-refractivity contribution >= 4 is 21.8 Å². The molecule has 1 aromatic rings. The average molecular weight is 310 g/mol. The SMILES string of the molecule is CC(Cc1ccc(Br)cc1)NC(=O)C(F)(F)F. The van der Waals surface area contributed by atoms with Crippen molar-refractivity contribution in [3.05, 3.63) is 34.3 Å². The molecule has 0 saturated heterocycles. The lowest BCUT2D eigenvalue weighted by Crippen LogP contribution is -2.42. The second kappa shape index (κ2) is 5.53. The van der Waals surface area contributed by atoms with Gasteiger partial charge in [-0.05, 0) is 31.0 Å². The highest BCUT2D eigenvalue weighted by Gasteiger charge is 2.39. The standard InChI is InChI=1S/C11H11BrF3NO/c1-7(16-10(17)11(13,14)15)6-8-2-4-9(12)5-3-8/h2-5,7H,6H2,1H3,(H,16,17). The number of hydrogen-bond acceptors (Lipinski definition) is 1. The Hall–Kier alpha value is -1.04. The summed E-state index contributed by atoms with van der Waals surface area (Å²) < 4.78 is 36.8. The van der Waals surface area contributed by atoms with Crippen molar-refractivity contribution in [2.75, 3.05) is 0 Å². The van der Waals surface area contributed by atoms with Crippen molar-refractivity contribution < 1.29 is 18.0 Å². The van der Waals surface area contributed by atoms with Gasteiger partial charge in [0.1, 0.15) is 0 Å². The van der Waals surface area contributed by atoms with E-state index in [-0.39, 0.29) is 0 Å². The van der Waals surface area contributed by atoms with Gasteiger partial charge in [0.25, 0.3) is 0 Å². The van der Waals surface area contributed by atoms with Crippen molar-refractivity contribution in [3.8, 4) is 0 Å². The summed E-state index contributed by atoms with van der Waals surface area (Å²) in [7, 11) is 0. The van der Waals surface area contributed by atoms with Gasteiger partial charge in [-0.15, -0.1) is 0 Å². The minimum absolute atomic E-state index is 0.356. The Morgan fingerprint density at radius 3 is 2.35 bits per heavy atom. The van der Waals surface area contributed by atoms with Gasteiger partial charge in [-0.25, -0.2) is 0 Å². The number of carbonyl (C=O) groups is 1. The van der Waals surface area contributed by atoms with Crippen LogP contribution in [0.2, 0.25) is 0 Å². The Bertz CT molecular complexity index is 389. The molecular formula is C11H11BrF3NO. The van der Waals surface area contributed by atoms with Crippen molar-refractivity contribution in [1.82, 2.24) is 5.32 Å². The monoisotopic (exact) mass is 309 g/mol. The van der Waals surface area contributed by atoms with Gasteiger partial charge in [-0.3, -0.25) is 4.79 Å². The maximum absolute atomic E-state index is 12.0. The van der Waals surface area contributed by atoms with Gasteiger partial charge < -0.3 is 5.32 Å². The first kappa shape index (κ1) is 14.0. The van der Waals surface area contributed by atoms with Crippen molar-refractivity contribution in [2.24, 2.45) is 0 Å². The molecule has 94 valence electrons. The van der Waals surface area contributed by atoms with Gasteiger partial charge in [0.05, 0.1) is 0 Å². The maximum Gasteiger partial charge on any atom is 0.471 e. The predicted octanol–water partition coefficient (Wildman–Crippen LogP) is 3.06. The molecule has 1 aromatic carbocycles. The maximum atomic E-state index is 12.0.